The third-order valence-corrected chi connectivity index (χ3v) is 2.45. The molecule has 0 atom stereocenters. The normalized spacial score (nSPS) is 10.3. The number of hydrogen-bond acceptors (Lipinski definition) is 3. The molecule has 0 spiro atoms. The number of phenols is 2. The second-order valence-corrected chi connectivity index (χ2v) is 3.61. The highest BCUT2D eigenvalue weighted by atomic mass is 16.3. The van der Waals surface area contributed by atoms with E-state index in [-0.39, 0.29) is 11.5 Å². The summed E-state index contributed by atoms with van der Waals surface area (Å²) in [6, 6.07) is 12.0. The lowest BCUT2D eigenvalue weighted by Crippen LogP contribution is -1.96. The van der Waals surface area contributed by atoms with E-state index in [1.807, 2.05) is 12.1 Å². The van der Waals surface area contributed by atoms with Crippen LogP contribution in [0.2, 0.25) is 0 Å². The maximum Gasteiger partial charge on any atom is 0.123 e. The van der Waals surface area contributed by atoms with Crippen LogP contribution in [0.4, 0.5) is 0 Å². The first-order chi connectivity index (χ1) is 7.70. The molecule has 0 aliphatic heterocycles. The van der Waals surface area contributed by atoms with E-state index >= 15 is 0 Å². The Balaban J connectivity index is 2.54. The van der Waals surface area contributed by atoms with Gasteiger partial charge in [-0.3, -0.25) is 0 Å². The second kappa shape index (κ2) is 4.24. The van der Waals surface area contributed by atoms with E-state index in [0.717, 1.165) is 11.1 Å². The van der Waals surface area contributed by atoms with Gasteiger partial charge in [-0.1, -0.05) is 18.2 Å². The molecule has 0 heterocycles. The van der Waals surface area contributed by atoms with Crippen LogP contribution in [0.15, 0.2) is 42.5 Å². The molecule has 0 radical (unpaired) electrons. The fourth-order valence-corrected chi connectivity index (χ4v) is 1.61. The van der Waals surface area contributed by atoms with Crippen molar-refractivity contribution in [3.8, 4) is 22.6 Å². The average Bonchev–Trinajstić information content (AvgIpc) is 2.30. The lowest BCUT2D eigenvalue weighted by Gasteiger charge is -2.07. The lowest BCUT2D eigenvalue weighted by atomic mass is 10.0. The third-order valence-electron chi connectivity index (χ3n) is 2.45. The maximum absolute atomic E-state index is 9.75. The van der Waals surface area contributed by atoms with Crippen LogP contribution in [0.5, 0.6) is 11.5 Å². The molecule has 2 rings (SSSR count). The molecule has 2 aromatic rings. The molecular weight excluding hydrogens is 202 g/mol. The lowest BCUT2D eigenvalue weighted by molar-refractivity contribution is 0.474. The molecule has 16 heavy (non-hydrogen) atoms. The van der Waals surface area contributed by atoms with Crippen LogP contribution in [0.1, 0.15) is 5.56 Å². The number of aromatic hydroxyl groups is 2. The van der Waals surface area contributed by atoms with Gasteiger partial charge >= 0.3 is 0 Å². The zero-order valence-corrected chi connectivity index (χ0v) is 8.72. The van der Waals surface area contributed by atoms with Crippen molar-refractivity contribution in [1.29, 1.82) is 0 Å². The summed E-state index contributed by atoms with van der Waals surface area (Å²) in [6.45, 7) is 0.423. The topological polar surface area (TPSA) is 66.5 Å². The monoisotopic (exact) mass is 215 g/mol. The molecule has 0 aliphatic rings. The van der Waals surface area contributed by atoms with Crippen molar-refractivity contribution >= 4 is 0 Å². The quantitative estimate of drug-likeness (QED) is 0.719. The van der Waals surface area contributed by atoms with Crippen LogP contribution < -0.4 is 5.73 Å². The molecule has 82 valence electrons. The summed E-state index contributed by atoms with van der Waals surface area (Å²) in [4.78, 5) is 0. The molecule has 0 saturated carbocycles. The molecule has 3 heteroatoms. The van der Waals surface area contributed by atoms with E-state index in [1.165, 1.54) is 0 Å². The first kappa shape index (κ1) is 10.5. The Labute approximate surface area is 93.8 Å². The van der Waals surface area contributed by atoms with E-state index in [2.05, 4.69) is 0 Å². The molecule has 0 aromatic heterocycles. The van der Waals surface area contributed by atoms with Crippen molar-refractivity contribution in [1.82, 2.24) is 0 Å². The molecule has 4 N–H and O–H groups in total. The minimum Gasteiger partial charge on any atom is -0.508 e. The second-order valence-electron chi connectivity index (χ2n) is 3.61. The van der Waals surface area contributed by atoms with E-state index < -0.39 is 0 Å². The van der Waals surface area contributed by atoms with Gasteiger partial charge in [-0.2, -0.15) is 0 Å². The Morgan fingerprint density at radius 3 is 2.50 bits per heavy atom. The minimum absolute atomic E-state index is 0.176. The van der Waals surface area contributed by atoms with Crippen molar-refractivity contribution in [3.05, 3.63) is 48.0 Å². The highest BCUT2D eigenvalue weighted by molar-refractivity contribution is 5.71. The number of benzene rings is 2. The largest absolute Gasteiger partial charge is 0.508 e. The van der Waals surface area contributed by atoms with E-state index in [0.29, 0.717) is 12.1 Å². The van der Waals surface area contributed by atoms with Crippen LogP contribution in [-0.4, -0.2) is 10.2 Å². The molecule has 0 unspecified atom stereocenters. The van der Waals surface area contributed by atoms with Gasteiger partial charge in [0.15, 0.2) is 0 Å². The molecule has 3 nitrogen and oxygen atoms in total. The summed E-state index contributed by atoms with van der Waals surface area (Å²) in [6.07, 6.45) is 0. The number of hydrogen-bond donors (Lipinski definition) is 3. The highest BCUT2D eigenvalue weighted by Crippen LogP contribution is 2.31. The molecule has 0 aliphatic carbocycles. The Bertz CT molecular complexity index is 509. The summed E-state index contributed by atoms with van der Waals surface area (Å²) >= 11 is 0. The standard InChI is InChI=1S/C13H13NO2/c14-8-9-4-5-13(16)12(6-9)10-2-1-3-11(15)7-10/h1-7,15-16H,8,14H2. The SMILES string of the molecule is NCc1ccc(O)c(-c2cccc(O)c2)c1. The molecule has 2 aromatic carbocycles. The van der Waals surface area contributed by atoms with E-state index in [4.69, 9.17) is 5.73 Å². The predicted octanol–water partition coefficient (Wildman–Crippen LogP) is 2.22. The smallest absolute Gasteiger partial charge is 0.123 e. The van der Waals surface area contributed by atoms with Crippen molar-refractivity contribution < 1.29 is 10.2 Å². The Morgan fingerprint density at radius 2 is 1.81 bits per heavy atom. The summed E-state index contributed by atoms with van der Waals surface area (Å²) in [5, 5.41) is 19.1. The molecule has 0 saturated heterocycles. The first-order valence-corrected chi connectivity index (χ1v) is 5.02. The number of rotatable bonds is 2. The zero-order chi connectivity index (χ0) is 11.5. The van der Waals surface area contributed by atoms with Crippen molar-refractivity contribution in [2.75, 3.05) is 0 Å². The number of phenolic OH excluding ortho intramolecular Hbond substituents is 2. The highest BCUT2D eigenvalue weighted by Gasteiger charge is 2.05. The summed E-state index contributed by atoms with van der Waals surface area (Å²) in [7, 11) is 0. The fraction of sp³-hybridized carbons (Fsp3) is 0.0769. The van der Waals surface area contributed by atoms with E-state index in [1.54, 1.807) is 30.3 Å². The number of nitrogens with two attached hydrogens (primary N) is 1. The average molecular weight is 215 g/mol. The van der Waals surface area contributed by atoms with Crippen LogP contribution in [0, 0.1) is 0 Å². The molecule has 0 bridgehead atoms. The zero-order valence-electron chi connectivity index (χ0n) is 8.72. The third kappa shape index (κ3) is 1.99. The minimum atomic E-state index is 0.176. The summed E-state index contributed by atoms with van der Waals surface area (Å²) in [5.74, 6) is 0.359. The molecule has 0 fully saturated rings. The van der Waals surface area contributed by atoms with E-state index in [9.17, 15) is 10.2 Å². The van der Waals surface area contributed by atoms with Crippen LogP contribution in [0.25, 0.3) is 11.1 Å². The molecular formula is C13H13NO2. The Morgan fingerprint density at radius 1 is 1.00 bits per heavy atom. The maximum atomic E-state index is 9.75. The summed E-state index contributed by atoms with van der Waals surface area (Å²) < 4.78 is 0. The van der Waals surface area contributed by atoms with Crippen molar-refractivity contribution in [2.45, 2.75) is 6.54 Å². The Kier molecular flexibility index (Phi) is 2.79. The van der Waals surface area contributed by atoms with Crippen molar-refractivity contribution in [3.63, 3.8) is 0 Å². The van der Waals surface area contributed by atoms with Gasteiger partial charge < -0.3 is 15.9 Å². The van der Waals surface area contributed by atoms with Gasteiger partial charge in [0.1, 0.15) is 11.5 Å². The van der Waals surface area contributed by atoms with Crippen molar-refractivity contribution in [2.24, 2.45) is 5.73 Å². The molecule has 0 amide bonds. The van der Waals surface area contributed by atoms with Gasteiger partial charge in [-0.25, -0.2) is 0 Å². The van der Waals surface area contributed by atoms with Crippen LogP contribution in [0.3, 0.4) is 0 Å². The predicted molar refractivity (Wildman–Crippen MR) is 63.1 cm³/mol. The van der Waals surface area contributed by atoms with Gasteiger partial charge in [0.25, 0.3) is 0 Å². The van der Waals surface area contributed by atoms with Gasteiger partial charge in [-0.15, -0.1) is 0 Å². The van der Waals surface area contributed by atoms with Gasteiger partial charge in [0, 0.05) is 12.1 Å². The Hall–Kier alpha value is -2.00. The summed E-state index contributed by atoms with van der Waals surface area (Å²) in [5.41, 5.74) is 7.94. The first-order valence-electron chi connectivity index (χ1n) is 5.02. The van der Waals surface area contributed by atoms with Crippen LogP contribution in [-0.2, 0) is 6.54 Å². The fourth-order valence-electron chi connectivity index (χ4n) is 1.61. The van der Waals surface area contributed by atoms with Crippen LogP contribution >= 0.6 is 0 Å². The van der Waals surface area contributed by atoms with Gasteiger partial charge in [-0.05, 0) is 35.4 Å². The van der Waals surface area contributed by atoms with Gasteiger partial charge in [0.05, 0.1) is 0 Å². The van der Waals surface area contributed by atoms with Gasteiger partial charge in [0.2, 0.25) is 0 Å².